The van der Waals surface area contributed by atoms with Gasteiger partial charge in [-0.25, -0.2) is 8.42 Å². The molecule has 5 aromatic carbocycles. The number of Topliss-reactive ketones (excluding diaryl/α,β-unsaturated/α-hetero) is 1. The van der Waals surface area contributed by atoms with E-state index in [0.29, 0.717) is 30.9 Å². The number of ether oxygens (including phenoxy) is 1. The number of sulfonamides is 1. The summed E-state index contributed by atoms with van der Waals surface area (Å²) >= 11 is 1.75. The molecule has 6 rings (SSSR count). The summed E-state index contributed by atoms with van der Waals surface area (Å²) in [5, 5.41) is 2.47. The third-order valence-corrected chi connectivity index (χ3v) is 9.94. The Hall–Kier alpha value is -4.50. The molecular formula is C37H34N2O4S2. The molecule has 0 fully saturated rings. The molecule has 0 bridgehead atoms. The first kappa shape index (κ1) is 30.5. The smallest absolute Gasteiger partial charge is 0.232 e. The van der Waals surface area contributed by atoms with E-state index in [-0.39, 0.29) is 18.9 Å². The molecule has 0 atom stereocenters. The lowest BCUT2D eigenvalue weighted by Crippen LogP contribution is -2.33. The molecule has 6 nitrogen and oxygen atoms in total. The van der Waals surface area contributed by atoms with Gasteiger partial charge in [0.05, 0.1) is 25.0 Å². The van der Waals surface area contributed by atoms with Crippen molar-refractivity contribution in [1.82, 2.24) is 4.90 Å². The van der Waals surface area contributed by atoms with Gasteiger partial charge in [0.1, 0.15) is 12.4 Å². The summed E-state index contributed by atoms with van der Waals surface area (Å²) in [5.74, 6) is 0.708. The Morgan fingerprint density at radius 2 is 1.38 bits per heavy atom. The average molecular weight is 635 g/mol. The van der Waals surface area contributed by atoms with Crippen molar-refractivity contribution >= 4 is 53.0 Å². The van der Waals surface area contributed by atoms with Crippen LogP contribution < -0.4 is 9.04 Å². The highest BCUT2D eigenvalue weighted by Gasteiger charge is 2.20. The van der Waals surface area contributed by atoms with Gasteiger partial charge in [0.15, 0.2) is 5.78 Å². The van der Waals surface area contributed by atoms with Crippen LogP contribution in [0, 0.1) is 0 Å². The van der Waals surface area contributed by atoms with Gasteiger partial charge in [0.25, 0.3) is 0 Å². The second-order valence-corrected chi connectivity index (χ2v) is 14.0. The van der Waals surface area contributed by atoms with Crippen molar-refractivity contribution in [3.8, 4) is 5.75 Å². The van der Waals surface area contributed by atoms with E-state index >= 15 is 0 Å². The van der Waals surface area contributed by atoms with Crippen LogP contribution in [0.5, 0.6) is 5.75 Å². The van der Waals surface area contributed by atoms with Crippen LogP contribution in [0.25, 0.3) is 20.2 Å². The van der Waals surface area contributed by atoms with Crippen molar-refractivity contribution in [1.29, 1.82) is 0 Å². The van der Waals surface area contributed by atoms with Crippen molar-refractivity contribution in [3.05, 3.63) is 144 Å². The van der Waals surface area contributed by atoms with E-state index < -0.39 is 10.0 Å². The molecule has 0 saturated heterocycles. The second kappa shape index (κ2) is 13.6. The minimum absolute atomic E-state index is 0.0901. The first-order valence-electron chi connectivity index (χ1n) is 14.8. The highest BCUT2D eigenvalue weighted by atomic mass is 32.2. The normalized spacial score (nSPS) is 11.7. The Kier molecular flexibility index (Phi) is 9.26. The fraction of sp³-hybridized carbons (Fsp3) is 0.162. The quantitative estimate of drug-likeness (QED) is 0.121. The molecular weight excluding hydrogens is 601 g/mol. The van der Waals surface area contributed by atoms with E-state index in [4.69, 9.17) is 4.74 Å². The number of nitrogens with zero attached hydrogens (tertiary/aromatic N) is 2. The second-order valence-electron chi connectivity index (χ2n) is 11.0. The number of hydrogen-bond donors (Lipinski definition) is 0. The Balaban J connectivity index is 1.17. The summed E-state index contributed by atoms with van der Waals surface area (Å²) in [6.45, 7) is 1.87. The molecule has 228 valence electrons. The molecule has 0 radical (unpaired) electrons. The molecule has 6 aromatic rings. The Morgan fingerprint density at radius 3 is 2.11 bits per heavy atom. The van der Waals surface area contributed by atoms with Crippen molar-refractivity contribution in [3.63, 3.8) is 0 Å². The number of thiophene rings is 1. The van der Waals surface area contributed by atoms with Crippen LogP contribution in [-0.4, -0.2) is 45.1 Å². The van der Waals surface area contributed by atoms with Crippen molar-refractivity contribution < 1.29 is 17.9 Å². The van der Waals surface area contributed by atoms with Crippen molar-refractivity contribution in [2.24, 2.45) is 0 Å². The standard InChI is InChI=1S/C37H34N2O4S2/c1-45(41,42)39(26-29-13-6-3-7-14-29)31-16-10-15-30(23-31)35(40)27-38(25-28-11-4-2-5-12-28)21-22-43-32-19-20-34-33-17-8-9-18-36(33)44-37(34)24-32/h2-20,23-24H,21-22,25-27H2,1H3. The number of rotatable bonds is 13. The Morgan fingerprint density at radius 1 is 0.711 bits per heavy atom. The molecule has 1 aromatic heterocycles. The molecule has 0 unspecified atom stereocenters. The van der Waals surface area contributed by atoms with Crippen LogP contribution in [0.4, 0.5) is 5.69 Å². The van der Waals surface area contributed by atoms with Gasteiger partial charge in [-0.2, -0.15) is 0 Å². The van der Waals surface area contributed by atoms with Crippen LogP contribution in [0.1, 0.15) is 21.5 Å². The van der Waals surface area contributed by atoms with Crippen LogP contribution >= 0.6 is 11.3 Å². The number of benzene rings is 5. The van der Waals surface area contributed by atoms with Crippen LogP contribution in [0.3, 0.4) is 0 Å². The zero-order valence-electron chi connectivity index (χ0n) is 25.0. The molecule has 8 heteroatoms. The lowest BCUT2D eigenvalue weighted by molar-refractivity contribution is 0.0912. The van der Waals surface area contributed by atoms with Crippen LogP contribution in [0.15, 0.2) is 127 Å². The van der Waals surface area contributed by atoms with Gasteiger partial charge < -0.3 is 4.74 Å². The van der Waals surface area contributed by atoms with Crippen molar-refractivity contribution in [2.75, 3.05) is 30.3 Å². The summed E-state index contributed by atoms with van der Waals surface area (Å²) in [5.41, 5.74) is 2.88. The molecule has 0 spiro atoms. The van der Waals surface area contributed by atoms with E-state index in [2.05, 4.69) is 41.3 Å². The molecule has 1 heterocycles. The summed E-state index contributed by atoms with van der Waals surface area (Å²) in [7, 11) is -3.59. The largest absolute Gasteiger partial charge is 0.492 e. The van der Waals surface area contributed by atoms with E-state index in [1.54, 1.807) is 35.6 Å². The fourth-order valence-electron chi connectivity index (χ4n) is 5.42. The molecule has 0 N–H and O–H groups in total. The highest BCUT2D eigenvalue weighted by Crippen LogP contribution is 2.35. The Labute approximate surface area is 268 Å². The van der Waals surface area contributed by atoms with Crippen LogP contribution in [0.2, 0.25) is 0 Å². The topological polar surface area (TPSA) is 66.9 Å². The minimum atomic E-state index is -3.59. The maximum absolute atomic E-state index is 13.6. The number of anilines is 1. The zero-order chi connectivity index (χ0) is 31.2. The average Bonchev–Trinajstić information content (AvgIpc) is 3.42. The van der Waals surface area contributed by atoms with Gasteiger partial charge >= 0.3 is 0 Å². The van der Waals surface area contributed by atoms with E-state index in [1.807, 2.05) is 66.7 Å². The third kappa shape index (κ3) is 7.60. The first-order valence-corrected chi connectivity index (χ1v) is 17.5. The molecule has 0 aliphatic rings. The summed E-state index contributed by atoms with van der Waals surface area (Å²) < 4.78 is 35.5. The summed E-state index contributed by atoms with van der Waals surface area (Å²) in [6, 6.07) is 40.9. The van der Waals surface area contributed by atoms with Gasteiger partial charge in [0.2, 0.25) is 10.0 Å². The maximum atomic E-state index is 13.6. The maximum Gasteiger partial charge on any atom is 0.232 e. The Bertz CT molecular complexity index is 2030. The zero-order valence-corrected chi connectivity index (χ0v) is 26.6. The van der Waals surface area contributed by atoms with Gasteiger partial charge in [0, 0.05) is 38.8 Å². The lowest BCUT2D eigenvalue weighted by Gasteiger charge is -2.24. The van der Waals surface area contributed by atoms with Crippen molar-refractivity contribution in [2.45, 2.75) is 13.1 Å². The molecule has 0 aliphatic heterocycles. The van der Waals surface area contributed by atoms with Crippen LogP contribution in [-0.2, 0) is 23.1 Å². The number of carbonyl (C=O) groups is 1. The molecule has 0 aliphatic carbocycles. The number of hydrogen-bond acceptors (Lipinski definition) is 6. The predicted octanol–water partition coefficient (Wildman–Crippen LogP) is 7.78. The molecule has 0 amide bonds. The highest BCUT2D eigenvalue weighted by molar-refractivity contribution is 7.92. The van der Waals surface area contributed by atoms with Gasteiger partial charge in [-0.3, -0.25) is 14.0 Å². The fourth-order valence-corrected chi connectivity index (χ4v) is 7.44. The summed E-state index contributed by atoms with van der Waals surface area (Å²) in [6.07, 6.45) is 1.19. The molecule has 45 heavy (non-hydrogen) atoms. The number of carbonyl (C=O) groups excluding carboxylic acids is 1. The lowest BCUT2D eigenvalue weighted by atomic mass is 10.1. The van der Waals surface area contributed by atoms with Gasteiger partial charge in [-0.15, -0.1) is 11.3 Å². The van der Waals surface area contributed by atoms with E-state index in [9.17, 15) is 13.2 Å². The third-order valence-electron chi connectivity index (χ3n) is 7.67. The minimum Gasteiger partial charge on any atom is -0.492 e. The first-order chi connectivity index (χ1) is 21.8. The SMILES string of the molecule is CS(=O)(=O)N(Cc1ccccc1)c1cccc(C(=O)CN(CCOc2ccc3c(c2)sc2ccccc23)Cc2ccccc2)c1. The van der Waals surface area contributed by atoms with Gasteiger partial charge in [-0.1, -0.05) is 91.0 Å². The monoisotopic (exact) mass is 634 g/mol. The van der Waals surface area contributed by atoms with E-state index in [0.717, 1.165) is 16.9 Å². The van der Waals surface area contributed by atoms with Gasteiger partial charge in [-0.05, 0) is 47.5 Å². The van der Waals surface area contributed by atoms with E-state index in [1.165, 1.54) is 30.7 Å². The summed E-state index contributed by atoms with van der Waals surface area (Å²) in [4.78, 5) is 15.7. The number of ketones is 1. The molecule has 0 saturated carbocycles. The predicted molar refractivity (Wildman–Crippen MR) is 185 cm³/mol. The number of fused-ring (bicyclic) bond motifs is 3.